The van der Waals surface area contributed by atoms with Crippen LogP contribution in [0.1, 0.15) is 0 Å². The molecule has 0 saturated heterocycles. The Bertz CT molecular complexity index is 2210. The van der Waals surface area contributed by atoms with Gasteiger partial charge in [0.2, 0.25) is 0 Å². The fraction of sp³-hybridized carbons (Fsp3) is 0. The van der Waals surface area contributed by atoms with Gasteiger partial charge in [0.25, 0.3) is 0 Å². The number of hydrogen-bond donors (Lipinski definition) is 0. The second kappa shape index (κ2) is 10.6. The van der Waals surface area contributed by atoms with E-state index in [0.29, 0.717) is 0 Å². The Labute approximate surface area is 250 Å². The Kier molecular flexibility index (Phi) is 6.12. The molecule has 0 aliphatic rings. The molecule has 3 heteroatoms. The van der Waals surface area contributed by atoms with Crippen molar-refractivity contribution in [3.63, 3.8) is 0 Å². The summed E-state index contributed by atoms with van der Waals surface area (Å²) in [6, 6.07) is 53.3. The summed E-state index contributed by atoms with van der Waals surface area (Å²) in [5.74, 6) is 0. The van der Waals surface area contributed by atoms with Gasteiger partial charge in [0.15, 0.2) is 0 Å². The predicted octanol–water partition coefficient (Wildman–Crippen LogP) is 10.2. The van der Waals surface area contributed by atoms with Crippen LogP contribution < -0.4 is 0 Å². The molecule has 202 valence electrons. The molecule has 0 atom stereocenters. The van der Waals surface area contributed by atoms with Crippen LogP contribution in [-0.4, -0.2) is 14.5 Å². The van der Waals surface area contributed by atoms with E-state index in [4.69, 9.17) is 9.97 Å². The standard InChI is InChI=1S/C40H27N3/c1-3-10-28(11-4-1)30-22-23-41-38(25-30)31-14-9-15-34(24-31)43-39-17-8-7-16-35(39)36-20-18-32(26-40(36)43)37-21-19-33(27-42-37)29-12-5-2-6-13-29/h1-27H. The number of pyridine rings is 2. The van der Waals surface area contributed by atoms with Crippen molar-refractivity contribution >= 4 is 21.8 Å². The summed E-state index contributed by atoms with van der Waals surface area (Å²) in [4.78, 5) is 9.61. The van der Waals surface area contributed by atoms with Crippen LogP contribution in [0.4, 0.5) is 0 Å². The first-order valence-electron chi connectivity index (χ1n) is 14.5. The van der Waals surface area contributed by atoms with E-state index < -0.39 is 0 Å². The van der Waals surface area contributed by atoms with Crippen LogP contribution >= 0.6 is 0 Å². The lowest BCUT2D eigenvalue weighted by Crippen LogP contribution is -1.95. The first kappa shape index (κ1) is 25.0. The Hall–Kier alpha value is -5.80. The van der Waals surface area contributed by atoms with Gasteiger partial charge in [-0.05, 0) is 59.2 Å². The maximum absolute atomic E-state index is 4.86. The third-order valence-corrected chi connectivity index (χ3v) is 8.11. The van der Waals surface area contributed by atoms with Crippen LogP contribution in [-0.2, 0) is 0 Å². The van der Waals surface area contributed by atoms with Crippen molar-refractivity contribution in [1.82, 2.24) is 14.5 Å². The van der Waals surface area contributed by atoms with Gasteiger partial charge in [-0.15, -0.1) is 0 Å². The SMILES string of the molecule is c1ccc(-c2ccc(-c3ccc4c5ccccc5n(-c5cccc(-c6cc(-c7ccccc7)ccn6)c5)c4c3)nc2)cc1. The highest BCUT2D eigenvalue weighted by molar-refractivity contribution is 6.10. The van der Waals surface area contributed by atoms with Crippen molar-refractivity contribution in [1.29, 1.82) is 0 Å². The highest BCUT2D eigenvalue weighted by Gasteiger charge is 2.14. The van der Waals surface area contributed by atoms with E-state index in [9.17, 15) is 0 Å². The second-order valence-electron chi connectivity index (χ2n) is 10.7. The maximum Gasteiger partial charge on any atom is 0.0708 e. The van der Waals surface area contributed by atoms with Crippen molar-refractivity contribution in [2.75, 3.05) is 0 Å². The molecule has 0 amide bonds. The van der Waals surface area contributed by atoms with Crippen molar-refractivity contribution in [3.8, 4) is 50.5 Å². The van der Waals surface area contributed by atoms with E-state index in [-0.39, 0.29) is 0 Å². The average molecular weight is 550 g/mol. The van der Waals surface area contributed by atoms with E-state index in [1.165, 1.54) is 27.4 Å². The number of nitrogens with zero attached hydrogens (tertiary/aromatic N) is 3. The largest absolute Gasteiger partial charge is 0.309 e. The van der Waals surface area contributed by atoms with E-state index in [2.05, 4.69) is 144 Å². The minimum Gasteiger partial charge on any atom is -0.309 e. The molecule has 0 bridgehead atoms. The van der Waals surface area contributed by atoms with E-state index in [1.54, 1.807) is 0 Å². The number of aromatic nitrogens is 3. The van der Waals surface area contributed by atoms with Gasteiger partial charge < -0.3 is 4.57 Å². The van der Waals surface area contributed by atoms with Gasteiger partial charge in [-0.3, -0.25) is 9.97 Å². The number of fused-ring (bicyclic) bond motifs is 3. The van der Waals surface area contributed by atoms with E-state index >= 15 is 0 Å². The normalized spacial score (nSPS) is 11.3. The lowest BCUT2D eigenvalue weighted by atomic mass is 10.0. The van der Waals surface area contributed by atoms with Crippen molar-refractivity contribution in [2.45, 2.75) is 0 Å². The highest BCUT2D eigenvalue weighted by Crippen LogP contribution is 2.36. The van der Waals surface area contributed by atoms with E-state index in [1.807, 2.05) is 24.5 Å². The minimum absolute atomic E-state index is 0.951. The van der Waals surface area contributed by atoms with Gasteiger partial charge in [0, 0.05) is 45.5 Å². The molecule has 8 aromatic rings. The number of benzene rings is 5. The summed E-state index contributed by atoms with van der Waals surface area (Å²) in [5, 5.41) is 2.45. The molecule has 0 spiro atoms. The smallest absolute Gasteiger partial charge is 0.0708 e. The van der Waals surface area contributed by atoms with Gasteiger partial charge in [0.05, 0.1) is 22.4 Å². The molecule has 0 fully saturated rings. The molecule has 3 nitrogen and oxygen atoms in total. The van der Waals surface area contributed by atoms with Crippen molar-refractivity contribution < 1.29 is 0 Å². The summed E-state index contributed by atoms with van der Waals surface area (Å²) in [5.41, 5.74) is 12.1. The maximum atomic E-state index is 4.86. The Morgan fingerprint density at radius 3 is 1.84 bits per heavy atom. The number of para-hydroxylation sites is 1. The monoisotopic (exact) mass is 549 g/mol. The van der Waals surface area contributed by atoms with Crippen molar-refractivity contribution in [2.24, 2.45) is 0 Å². The molecule has 3 heterocycles. The summed E-state index contributed by atoms with van der Waals surface area (Å²) >= 11 is 0. The predicted molar refractivity (Wildman–Crippen MR) is 178 cm³/mol. The zero-order valence-electron chi connectivity index (χ0n) is 23.4. The Balaban J connectivity index is 1.24. The summed E-state index contributed by atoms with van der Waals surface area (Å²) < 4.78 is 2.36. The van der Waals surface area contributed by atoms with Crippen LogP contribution in [0.2, 0.25) is 0 Å². The molecule has 0 saturated carbocycles. The van der Waals surface area contributed by atoms with Gasteiger partial charge in [-0.2, -0.15) is 0 Å². The fourth-order valence-electron chi connectivity index (χ4n) is 5.98. The average Bonchev–Trinajstić information content (AvgIpc) is 3.43. The first-order chi connectivity index (χ1) is 21.3. The molecule has 0 aliphatic carbocycles. The molecular weight excluding hydrogens is 522 g/mol. The number of rotatable bonds is 5. The van der Waals surface area contributed by atoms with Crippen LogP contribution in [0.3, 0.4) is 0 Å². The van der Waals surface area contributed by atoms with Crippen LogP contribution in [0, 0.1) is 0 Å². The molecule has 0 N–H and O–H groups in total. The van der Waals surface area contributed by atoms with Gasteiger partial charge in [-0.1, -0.05) is 109 Å². The third-order valence-electron chi connectivity index (χ3n) is 8.11. The molecule has 3 aromatic heterocycles. The summed E-state index contributed by atoms with van der Waals surface area (Å²) in [6.45, 7) is 0. The number of hydrogen-bond acceptors (Lipinski definition) is 2. The summed E-state index contributed by atoms with van der Waals surface area (Å²) in [6.07, 6.45) is 3.86. The van der Waals surface area contributed by atoms with E-state index in [0.717, 1.165) is 44.8 Å². The zero-order chi connectivity index (χ0) is 28.6. The fourth-order valence-corrected chi connectivity index (χ4v) is 5.98. The molecule has 0 radical (unpaired) electrons. The molecule has 8 rings (SSSR count). The molecule has 5 aromatic carbocycles. The van der Waals surface area contributed by atoms with Crippen LogP contribution in [0.5, 0.6) is 0 Å². The van der Waals surface area contributed by atoms with Gasteiger partial charge in [0.1, 0.15) is 0 Å². The lowest BCUT2D eigenvalue weighted by molar-refractivity contribution is 1.18. The molecular formula is C40H27N3. The summed E-state index contributed by atoms with van der Waals surface area (Å²) in [7, 11) is 0. The Morgan fingerprint density at radius 1 is 0.372 bits per heavy atom. The first-order valence-corrected chi connectivity index (χ1v) is 14.5. The molecule has 0 aliphatic heterocycles. The topological polar surface area (TPSA) is 30.7 Å². The van der Waals surface area contributed by atoms with Gasteiger partial charge in [-0.25, -0.2) is 0 Å². The second-order valence-corrected chi connectivity index (χ2v) is 10.7. The van der Waals surface area contributed by atoms with Gasteiger partial charge >= 0.3 is 0 Å². The quantitative estimate of drug-likeness (QED) is 0.214. The van der Waals surface area contributed by atoms with Crippen LogP contribution in [0.25, 0.3) is 72.3 Å². The lowest BCUT2D eigenvalue weighted by Gasteiger charge is -2.11. The zero-order valence-corrected chi connectivity index (χ0v) is 23.4. The molecule has 43 heavy (non-hydrogen) atoms. The molecule has 0 unspecified atom stereocenters. The highest BCUT2D eigenvalue weighted by atomic mass is 15.0. The minimum atomic E-state index is 0.951. The Morgan fingerprint density at radius 2 is 1.05 bits per heavy atom. The van der Waals surface area contributed by atoms with Crippen molar-refractivity contribution in [3.05, 3.63) is 164 Å². The third kappa shape index (κ3) is 4.58. The van der Waals surface area contributed by atoms with Crippen LogP contribution in [0.15, 0.2) is 164 Å².